The molecule has 7 heteroatoms. The summed E-state index contributed by atoms with van der Waals surface area (Å²) in [6, 6.07) is 6.41. The highest BCUT2D eigenvalue weighted by molar-refractivity contribution is 5.96. The zero-order valence-corrected chi connectivity index (χ0v) is 14.5. The number of rotatable bonds is 4. The fraction of sp³-hybridized carbons (Fsp3) is 0.421. The van der Waals surface area contributed by atoms with Gasteiger partial charge in [-0.15, -0.1) is 0 Å². The van der Waals surface area contributed by atoms with Gasteiger partial charge in [-0.25, -0.2) is 9.07 Å². The summed E-state index contributed by atoms with van der Waals surface area (Å²) in [6.45, 7) is 1.48. The quantitative estimate of drug-likeness (QED) is 0.909. The van der Waals surface area contributed by atoms with Crippen LogP contribution in [-0.2, 0) is 17.6 Å². The standard InChI is InChI=1S/C19H21FN4O2/c20-14-7-1-2-8-16(14)24-15-9-5-6-13(15)18(22-24)19(26)21-12-17(25)23-10-3-4-11-23/h1-2,7-8H,3-6,9-12H2,(H,21,26). The Labute approximate surface area is 151 Å². The molecule has 1 aliphatic heterocycles. The number of hydrogen-bond donors (Lipinski definition) is 1. The highest BCUT2D eigenvalue weighted by atomic mass is 19.1. The minimum atomic E-state index is -0.374. The van der Waals surface area contributed by atoms with Crippen molar-refractivity contribution >= 4 is 11.8 Å². The van der Waals surface area contributed by atoms with Crippen molar-refractivity contribution in [1.82, 2.24) is 20.0 Å². The average Bonchev–Trinajstić information content (AvgIpc) is 3.37. The SMILES string of the molecule is O=C(NCC(=O)N1CCCC1)c1nn(-c2ccccc2F)c2c1CCC2. The van der Waals surface area contributed by atoms with Gasteiger partial charge in [0.15, 0.2) is 5.69 Å². The Balaban J connectivity index is 1.55. The smallest absolute Gasteiger partial charge is 0.272 e. The third-order valence-electron chi connectivity index (χ3n) is 5.08. The van der Waals surface area contributed by atoms with Gasteiger partial charge in [-0.3, -0.25) is 9.59 Å². The molecule has 1 aliphatic carbocycles. The van der Waals surface area contributed by atoms with Crippen LogP contribution in [0, 0.1) is 5.82 Å². The first-order valence-electron chi connectivity index (χ1n) is 9.07. The number of nitrogens with one attached hydrogen (secondary N) is 1. The Morgan fingerprint density at radius 3 is 2.65 bits per heavy atom. The molecule has 0 atom stereocenters. The molecule has 1 fully saturated rings. The van der Waals surface area contributed by atoms with E-state index in [2.05, 4.69) is 10.4 Å². The number of amides is 2. The Kier molecular flexibility index (Phi) is 4.44. The lowest BCUT2D eigenvalue weighted by Gasteiger charge is -2.15. The number of fused-ring (bicyclic) bond motifs is 1. The molecule has 1 saturated heterocycles. The van der Waals surface area contributed by atoms with Crippen molar-refractivity contribution in [3.05, 3.63) is 47.0 Å². The molecule has 6 nitrogen and oxygen atoms in total. The summed E-state index contributed by atoms with van der Waals surface area (Å²) in [4.78, 5) is 26.5. The molecule has 0 bridgehead atoms. The molecule has 1 N–H and O–H groups in total. The minimum absolute atomic E-state index is 0.0276. The molecular formula is C19H21FN4O2. The molecule has 2 aromatic rings. The van der Waals surface area contributed by atoms with E-state index in [-0.39, 0.29) is 24.2 Å². The van der Waals surface area contributed by atoms with Gasteiger partial charge in [-0.1, -0.05) is 12.1 Å². The van der Waals surface area contributed by atoms with Crippen LogP contribution in [0.1, 0.15) is 41.0 Å². The van der Waals surface area contributed by atoms with Crippen molar-refractivity contribution in [2.24, 2.45) is 0 Å². The summed E-state index contributed by atoms with van der Waals surface area (Å²) in [5, 5.41) is 7.06. The van der Waals surface area contributed by atoms with Gasteiger partial charge in [0.05, 0.1) is 6.54 Å². The zero-order valence-electron chi connectivity index (χ0n) is 14.5. The second-order valence-electron chi connectivity index (χ2n) is 6.76. The normalized spacial score (nSPS) is 16.0. The first-order valence-corrected chi connectivity index (χ1v) is 9.07. The van der Waals surface area contributed by atoms with E-state index in [0.717, 1.165) is 56.5 Å². The molecule has 2 heterocycles. The molecule has 1 aromatic carbocycles. The largest absolute Gasteiger partial charge is 0.342 e. The predicted molar refractivity (Wildman–Crippen MR) is 93.7 cm³/mol. The van der Waals surface area contributed by atoms with E-state index < -0.39 is 0 Å². The summed E-state index contributed by atoms with van der Waals surface area (Å²) in [6.07, 6.45) is 4.44. The average molecular weight is 356 g/mol. The maximum atomic E-state index is 14.2. The third kappa shape index (κ3) is 2.98. The summed E-state index contributed by atoms with van der Waals surface area (Å²) in [7, 11) is 0. The van der Waals surface area contributed by atoms with Crippen molar-refractivity contribution in [1.29, 1.82) is 0 Å². The van der Waals surface area contributed by atoms with Crippen molar-refractivity contribution in [2.45, 2.75) is 32.1 Å². The van der Waals surface area contributed by atoms with Crippen molar-refractivity contribution in [3.8, 4) is 5.69 Å². The van der Waals surface area contributed by atoms with E-state index in [9.17, 15) is 14.0 Å². The van der Waals surface area contributed by atoms with Gasteiger partial charge in [0, 0.05) is 24.3 Å². The lowest BCUT2D eigenvalue weighted by Crippen LogP contribution is -2.39. The number of likely N-dealkylation sites (tertiary alicyclic amines) is 1. The molecule has 136 valence electrons. The monoisotopic (exact) mass is 356 g/mol. The van der Waals surface area contributed by atoms with Crippen LogP contribution in [0.5, 0.6) is 0 Å². The summed E-state index contributed by atoms with van der Waals surface area (Å²) in [5.74, 6) is -0.812. The van der Waals surface area contributed by atoms with Gasteiger partial charge < -0.3 is 10.2 Å². The first-order chi connectivity index (χ1) is 12.6. The highest BCUT2D eigenvalue weighted by Gasteiger charge is 2.28. The lowest BCUT2D eigenvalue weighted by molar-refractivity contribution is -0.129. The molecule has 1 aromatic heterocycles. The van der Waals surface area contributed by atoms with Gasteiger partial charge in [-0.2, -0.15) is 5.10 Å². The second kappa shape index (κ2) is 6.90. The summed E-state index contributed by atoms with van der Waals surface area (Å²) in [5.41, 5.74) is 2.39. The van der Waals surface area contributed by atoms with Gasteiger partial charge in [0.1, 0.15) is 11.5 Å². The molecular weight excluding hydrogens is 335 g/mol. The van der Waals surface area contributed by atoms with Crippen LogP contribution in [0.3, 0.4) is 0 Å². The molecule has 26 heavy (non-hydrogen) atoms. The van der Waals surface area contributed by atoms with Gasteiger partial charge >= 0.3 is 0 Å². The second-order valence-corrected chi connectivity index (χ2v) is 6.76. The number of benzene rings is 1. The maximum Gasteiger partial charge on any atom is 0.272 e. The van der Waals surface area contributed by atoms with E-state index in [1.54, 1.807) is 23.1 Å². The number of nitrogens with zero attached hydrogens (tertiary/aromatic N) is 3. The molecule has 2 amide bonds. The topological polar surface area (TPSA) is 67.2 Å². The molecule has 4 rings (SSSR count). The number of hydrogen-bond acceptors (Lipinski definition) is 3. The highest BCUT2D eigenvalue weighted by Crippen LogP contribution is 2.28. The number of carbonyl (C=O) groups is 2. The Bertz CT molecular complexity index is 855. The molecule has 0 saturated carbocycles. The fourth-order valence-electron chi connectivity index (χ4n) is 3.76. The Hall–Kier alpha value is -2.70. The van der Waals surface area contributed by atoms with Gasteiger partial charge in [0.25, 0.3) is 5.91 Å². The summed E-state index contributed by atoms with van der Waals surface area (Å²) >= 11 is 0. The van der Waals surface area contributed by atoms with Crippen LogP contribution >= 0.6 is 0 Å². The predicted octanol–water partition coefficient (Wildman–Crippen LogP) is 1.85. The minimum Gasteiger partial charge on any atom is -0.342 e. The number of halogens is 1. The fourth-order valence-corrected chi connectivity index (χ4v) is 3.76. The van der Waals surface area contributed by atoms with Crippen LogP contribution in [-0.4, -0.2) is 46.1 Å². The van der Waals surface area contributed by atoms with E-state index in [4.69, 9.17) is 0 Å². The maximum absolute atomic E-state index is 14.2. The molecule has 0 radical (unpaired) electrons. The van der Waals surface area contributed by atoms with E-state index >= 15 is 0 Å². The van der Waals surface area contributed by atoms with Crippen LogP contribution in [0.2, 0.25) is 0 Å². The van der Waals surface area contributed by atoms with E-state index in [0.29, 0.717) is 11.4 Å². The van der Waals surface area contributed by atoms with Crippen LogP contribution in [0.25, 0.3) is 5.69 Å². The Morgan fingerprint density at radius 1 is 1.12 bits per heavy atom. The lowest BCUT2D eigenvalue weighted by atomic mass is 10.2. The van der Waals surface area contributed by atoms with Gasteiger partial charge in [0.2, 0.25) is 5.91 Å². The molecule has 2 aliphatic rings. The first kappa shape index (κ1) is 16.8. The van der Waals surface area contributed by atoms with Crippen molar-refractivity contribution in [3.63, 3.8) is 0 Å². The van der Waals surface area contributed by atoms with Crippen LogP contribution < -0.4 is 5.32 Å². The van der Waals surface area contributed by atoms with Crippen molar-refractivity contribution < 1.29 is 14.0 Å². The Morgan fingerprint density at radius 2 is 1.88 bits per heavy atom. The van der Waals surface area contributed by atoms with Crippen LogP contribution in [0.15, 0.2) is 24.3 Å². The summed E-state index contributed by atoms with van der Waals surface area (Å²) < 4.78 is 15.7. The van der Waals surface area contributed by atoms with Crippen LogP contribution in [0.4, 0.5) is 4.39 Å². The number of carbonyl (C=O) groups excluding carboxylic acids is 2. The number of para-hydroxylation sites is 1. The van der Waals surface area contributed by atoms with Crippen molar-refractivity contribution in [2.75, 3.05) is 19.6 Å². The molecule has 0 unspecified atom stereocenters. The molecule has 0 spiro atoms. The van der Waals surface area contributed by atoms with Gasteiger partial charge in [-0.05, 0) is 44.2 Å². The zero-order chi connectivity index (χ0) is 18.1. The van der Waals surface area contributed by atoms with E-state index in [1.165, 1.54) is 10.7 Å². The number of aromatic nitrogens is 2. The third-order valence-corrected chi connectivity index (χ3v) is 5.08. The van der Waals surface area contributed by atoms with E-state index in [1.807, 2.05) is 0 Å².